The van der Waals surface area contributed by atoms with Crippen molar-refractivity contribution >= 4 is 11.7 Å². The molecule has 8 nitrogen and oxygen atoms in total. The Morgan fingerprint density at radius 2 is 2.07 bits per heavy atom. The minimum Gasteiger partial charge on any atom is -0.339 e. The van der Waals surface area contributed by atoms with Crippen LogP contribution in [0, 0.1) is 6.92 Å². The van der Waals surface area contributed by atoms with Gasteiger partial charge in [-0.1, -0.05) is 18.0 Å². The van der Waals surface area contributed by atoms with Crippen molar-refractivity contribution in [1.29, 1.82) is 0 Å². The minimum absolute atomic E-state index is 0.0169. The van der Waals surface area contributed by atoms with Crippen molar-refractivity contribution in [2.75, 3.05) is 5.32 Å². The molecule has 0 aliphatic heterocycles. The molecule has 3 aromatic rings. The van der Waals surface area contributed by atoms with Gasteiger partial charge in [0.1, 0.15) is 5.82 Å². The van der Waals surface area contributed by atoms with E-state index in [1.807, 2.05) is 29.9 Å². The summed E-state index contributed by atoms with van der Waals surface area (Å²) in [5, 5.41) is 11.5. The van der Waals surface area contributed by atoms with Gasteiger partial charge in [-0.25, -0.2) is 4.68 Å². The quantitative estimate of drug-likeness (QED) is 0.671. The number of nitrogens with one attached hydrogen (secondary N) is 1. The van der Waals surface area contributed by atoms with Crippen molar-refractivity contribution in [2.24, 2.45) is 0 Å². The van der Waals surface area contributed by atoms with E-state index < -0.39 is 0 Å². The second-order valence-electron chi connectivity index (χ2n) is 7.21. The lowest BCUT2D eigenvalue weighted by molar-refractivity contribution is -0.116. The monoisotopic (exact) mass is 380 g/mol. The van der Waals surface area contributed by atoms with Crippen molar-refractivity contribution in [3.8, 4) is 11.4 Å². The average molecular weight is 380 g/mol. The Kier molecular flexibility index (Phi) is 5.45. The second-order valence-corrected chi connectivity index (χ2v) is 7.21. The third kappa shape index (κ3) is 4.11. The van der Waals surface area contributed by atoms with Gasteiger partial charge < -0.3 is 9.84 Å². The Bertz CT molecular complexity index is 927. The predicted octanol–water partition coefficient (Wildman–Crippen LogP) is 3.71. The van der Waals surface area contributed by atoms with Gasteiger partial charge in [-0.15, -0.1) is 0 Å². The molecule has 3 heterocycles. The maximum absolute atomic E-state index is 12.4. The topological polar surface area (TPSA) is 98.7 Å². The van der Waals surface area contributed by atoms with E-state index in [2.05, 4.69) is 25.5 Å². The second kappa shape index (κ2) is 8.33. The first-order valence-corrected chi connectivity index (χ1v) is 9.77. The Morgan fingerprint density at radius 3 is 2.86 bits per heavy atom. The number of carbonyl (C=O) groups excluding carboxylic acids is 1. The molecule has 1 saturated carbocycles. The summed E-state index contributed by atoms with van der Waals surface area (Å²) < 4.78 is 7.27. The zero-order valence-electron chi connectivity index (χ0n) is 16.0. The molecule has 0 saturated heterocycles. The van der Waals surface area contributed by atoms with Crippen LogP contribution in [0.25, 0.3) is 11.4 Å². The first-order chi connectivity index (χ1) is 13.7. The molecule has 0 unspecified atom stereocenters. The van der Waals surface area contributed by atoms with Gasteiger partial charge in [0.2, 0.25) is 17.6 Å². The van der Waals surface area contributed by atoms with Crippen molar-refractivity contribution in [3.63, 3.8) is 0 Å². The Morgan fingerprint density at radius 1 is 1.29 bits per heavy atom. The first-order valence-electron chi connectivity index (χ1n) is 9.77. The lowest BCUT2D eigenvalue weighted by Gasteiger charge is -2.15. The van der Waals surface area contributed by atoms with Gasteiger partial charge in [0.15, 0.2) is 0 Å². The highest BCUT2D eigenvalue weighted by molar-refractivity contribution is 5.90. The van der Waals surface area contributed by atoms with Crippen LogP contribution in [-0.2, 0) is 11.2 Å². The number of rotatable bonds is 7. The van der Waals surface area contributed by atoms with Crippen molar-refractivity contribution in [2.45, 2.75) is 57.9 Å². The van der Waals surface area contributed by atoms with Crippen molar-refractivity contribution in [3.05, 3.63) is 42.2 Å². The van der Waals surface area contributed by atoms with E-state index in [1.54, 1.807) is 12.4 Å². The maximum Gasteiger partial charge on any atom is 0.226 e. The number of aromatic nitrogens is 5. The van der Waals surface area contributed by atoms with E-state index in [-0.39, 0.29) is 5.91 Å². The summed E-state index contributed by atoms with van der Waals surface area (Å²) in [5.41, 5.74) is 1.86. The summed E-state index contributed by atoms with van der Waals surface area (Å²) in [5.74, 6) is 1.89. The third-order valence-electron chi connectivity index (χ3n) is 5.11. The number of hydrogen-bond acceptors (Lipinski definition) is 6. The van der Waals surface area contributed by atoms with Gasteiger partial charge in [-0.05, 0) is 38.3 Å². The van der Waals surface area contributed by atoms with Crippen LogP contribution in [0.1, 0.15) is 56.0 Å². The summed E-state index contributed by atoms with van der Waals surface area (Å²) in [6.45, 7) is 1.98. The fourth-order valence-electron chi connectivity index (χ4n) is 3.60. The van der Waals surface area contributed by atoms with Crippen LogP contribution < -0.4 is 5.32 Å². The van der Waals surface area contributed by atoms with Gasteiger partial charge in [0.25, 0.3) is 0 Å². The molecule has 28 heavy (non-hydrogen) atoms. The minimum atomic E-state index is -0.0169. The summed E-state index contributed by atoms with van der Waals surface area (Å²) in [4.78, 5) is 20.8. The largest absolute Gasteiger partial charge is 0.339 e. The average Bonchev–Trinajstić information content (AvgIpc) is 3.45. The Hall–Kier alpha value is -3.03. The molecule has 1 aliphatic carbocycles. The molecule has 1 fully saturated rings. The van der Waals surface area contributed by atoms with E-state index in [1.165, 1.54) is 12.8 Å². The normalized spacial score (nSPS) is 14.5. The molecule has 0 radical (unpaired) electrons. The van der Waals surface area contributed by atoms with Gasteiger partial charge >= 0.3 is 0 Å². The van der Waals surface area contributed by atoms with E-state index in [9.17, 15) is 4.79 Å². The van der Waals surface area contributed by atoms with Crippen molar-refractivity contribution in [1.82, 2.24) is 24.9 Å². The standard InChI is InChI=1S/C20H24N6O2/c1-14-13-22-26(16-5-2-3-6-16)20(14)23-17(27)7-4-8-18-24-19(25-28-18)15-9-11-21-12-10-15/h9-13,16H,2-8H2,1H3,(H,23,27). The Balaban J connectivity index is 1.30. The van der Waals surface area contributed by atoms with E-state index in [0.29, 0.717) is 37.0 Å². The molecule has 1 aliphatic rings. The maximum atomic E-state index is 12.4. The van der Waals surface area contributed by atoms with Crippen LogP contribution in [0.5, 0.6) is 0 Å². The van der Waals surface area contributed by atoms with Crippen LogP contribution in [0.15, 0.2) is 35.2 Å². The highest BCUT2D eigenvalue weighted by atomic mass is 16.5. The summed E-state index contributed by atoms with van der Waals surface area (Å²) >= 11 is 0. The lowest BCUT2D eigenvalue weighted by Crippen LogP contribution is -2.18. The van der Waals surface area contributed by atoms with Gasteiger partial charge in [-0.2, -0.15) is 10.1 Å². The smallest absolute Gasteiger partial charge is 0.226 e. The summed E-state index contributed by atoms with van der Waals surface area (Å²) in [6.07, 6.45) is 11.5. The van der Waals surface area contributed by atoms with Gasteiger partial charge in [-0.3, -0.25) is 9.78 Å². The van der Waals surface area contributed by atoms with Crippen LogP contribution in [0.3, 0.4) is 0 Å². The predicted molar refractivity (Wildman–Crippen MR) is 104 cm³/mol. The van der Waals surface area contributed by atoms with Crippen molar-refractivity contribution < 1.29 is 9.32 Å². The highest BCUT2D eigenvalue weighted by Crippen LogP contribution is 2.32. The molecule has 8 heteroatoms. The number of hydrogen-bond donors (Lipinski definition) is 1. The third-order valence-corrected chi connectivity index (χ3v) is 5.11. The number of aryl methyl sites for hydroxylation is 2. The number of amides is 1. The lowest BCUT2D eigenvalue weighted by atomic mass is 10.2. The first kappa shape index (κ1) is 18.3. The molecule has 3 aromatic heterocycles. The molecule has 0 atom stereocenters. The van der Waals surface area contributed by atoms with E-state index in [0.717, 1.165) is 29.8 Å². The number of nitrogens with zero attached hydrogens (tertiary/aromatic N) is 5. The zero-order valence-corrected chi connectivity index (χ0v) is 16.0. The highest BCUT2D eigenvalue weighted by Gasteiger charge is 2.22. The van der Waals surface area contributed by atoms with E-state index >= 15 is 0 Å². The SMILES string of the molecule is Cc1cnn(C2CCCC2)c1NC(=O)CCCc1nc(-c2ccncc2)no1. The van der Waals surface area contributed by atoms with E-state index in [4.69, 9.17) is 4.52 Å². The molecular formula is C20H24N6O2. The molecule has 146 valence electrons. The van der Waals surface area contributed by atoms with Crippen LogP contribution in [0.4, 0.5) is 5.82 Å². The number of pyridine rings is 1. The van der Waals surface area contributed by atoms with Gasteiger partial charge in [0, 0.05) is 36.4 Å². The number of carbonyl (C=O) groups is 1. The van der Waals surface area contributed by atoms with Crippen LogP contribution >= 0.6 is 0 Å². The fourth-order valence-corrected chi connectivity index (χ4v) is 3.60. The summed E-state index contributed by atoms with van der Waals surface area (Å²) in [6, 6.07) is 4.06. The molecule has 0 bridgehead atoms. The molecule has 1 amide bonds. The summed E-state index contributed by atoms with van der Waals surface area (Å²) in [7, 11) is 0. The Labute approximate surface area is 163 Å². The molecule has 4 rings (SSSR count). The molecule has 1 N–H and O–H groups in total. The van der Waals surface area contributed by atoms with Crippen LogP contribution in [0.2, 0.25) is 0 Å². The zero-order chi connectivity index (χ0) is 19.3. The molecule has 0 spiro atoms. The van der Waals surface area contributed by atoms with Gasteiger partial charge in [0.05, 0.1) is 12.2 Å². The van der Waals surface area contributed by atoms with Crippen LogP contribution in [-0.4, -0.2) is 30.8 Å². The number of anilines is 1. The fraction of sp³-hybridized carbons (Fsp3) is 0.450. The molecule has 0 aromatic carbocycles. The molecular weight excluding hydrogens is 356 g/mol.